The Bertz CT molecular complexity index is 993. The molecule has 144 valence electrons. The van der Waals surface area contributed by atoms with Crippen LogP contribution in [0.3, 0.4) is 0 Å². The van der Waals surface area contributed by atoms with Crippen molar-refractivity contribution >= 4 is 55.7 Å². The van der Waals surface area contributed by atoms with Crippen molar-refractivity contribution in [1.82, 2.24) is 4.98 Å². The third-order valence-electron chi connectivity index (χ3n) is 5.57. The number of anilines is 1. The second kappa shape index (κ2) is 6.97. The van der Waals surface area contributed by atoms with Gasteiger partial charge < -0.3 is 4.74 Å². The van der Waals surface area contributed by atoms with Gasteiger partial charge in [0.15, 0.2) is 16.7 Å². The average Bonchev–Trinajstić information content (AvgIpc) is 3.29. The van der Waals surface area contributed by atoms with Crippen LogP contribution in [0.4, 0.5) is 5.13 Å². The maximum absolute atomic E-state index is 13.5. The minimum atomic E-state index is -0.546. The summed E-state index contributed by atoms with van der Waals surface area (Å²) in [4.78, 5) is 32.7. The molecule has 1 aromatic carbocycles. The first-order valence-electron chi connectivity index (χ1n) is 9.12. The molecule has 5 nitrogen and oxygen atoms in total. The van der Waals surface area contributed by atoms with Crippen LogP contribution >= 0.6 is 38.9 Å². The Balaban J connectivity index is 1.65. The maximum atomic E-state index is 13.5. The van der Waals surface area contributed by atoms with Crippen molar-refractivity contribution in [1.29, 1.82) is 0 Å². The molecular weight excluding hydrogens is 464 g/mol. The van der Waals surface area contributed by atoms with Crippen LogP contribution < -0.4 is 4.90 Å². The smallest absolute Gasteiger partial charge is 0.296 e. The Morgan fingerprint density at radius 1 is 1.29 bits per heavy atom. The van der Waals surface area contributed by atoms with Gasteiger partial charge in [-0.2, -0.15) is 0 Å². The SMILES string of the molecule is O=C1C2=C(OC3CCC(Cl)CC13)C(=O)N(c1nccs1)C2c1cccc(Br)c1. The van der Waals surface area contributed by atoms with Crippen molar-refractivity contribution in [2.24, 2.45) is 5.92 Å². The van der Waals surface area contributed by atoms with Crippen molar-refractivity contribution in [3.05, 3.63) is 57.2 Å². The van der Waals surface area contributed by atoms with E-state index in [9.17, 15) is 9.59 Å². The molecule has 1 saturated carbocycles. The summed E-state index contributed by atoms with van der Waals surface area (Å²) in [6, 6.07) is 7.12. The molecule has 1 aliphatic carbocycles. The molecule has 0 N–H and O–H groups in total. The number of thiazole rings is 1. The minimum absolute atomic E-state index is 0.0195. The van der Waals surface area contributed by atoms with Crippen molar-refractivity contribution < 1.29 is 14.3 Å². The van der Waals surface area contributed by atoms with Crippen LogP contribution in [0.2, 0.25) is 0 Å². The highest BCUT2D eigenvalue weighted by Gasteiger charge is 2.53. The highest BCUT2D eigenvalue weighted by molar-refractivity contribution is 9.10. The number of halogens is 2. The van der Waals surface area contributed by atoms with Crippen molar-refractivity contribution in [2.75, 3.05) is 4.90 Å². The van der Waals surface area contributed by atoms with Gasteiger partial charge in [0.25, 0.3) is 5.91 Å². The number of fused-ring (bicyclic) bond motifs is 1. The molecule has 4 unspecified atom stereocenters. The Hall–Kier alpha value is -1.70. The Morgan fingerprint density at radius 3 is 2.89 bits per heavy atom. The van der Waals surface area contributed by atoms with Crippen molar-refractivity contribution in [3.8, 4) is 0 Å². The maximum Gasteiger partial charge on any atom is 0.296 e. The summed E-state index contributed by atoms with van der Waals surface area (Å²) in [5.41, 5.74) is 1.28. The van der Waals surface area contributed by atoms with Gasteiger partial charge in [0, 0.05) is 21.4 Å². The first-order chi connectivity index (χ1) is 13.5. The van der Waals surface area contributed by atoms with Gasteiger partial charge in [-0.15, -0.1) is 22.9 Å². The van der Waals surface area contributed by atoms with Crippen LogP contribution in [-0.2, 0) is 14.3 Å². The number of hydrogen-bond donors (Lipinski definition) is 0. The summed E-state index contributed by atoms with van der Waals surface area (Å²) >= 11 is 11.2. The molecule has 5 rings (SSSR count). The van der Waals surface area contributed by atoms with Crippen LogP contribution in [-0.4, -0.2) is 28.2 Å². The number of Topliss-reactive ketones (excluding diaryl/α,β-unsaturated/α-hetero) is 1. The molecule has 3 heterocycles. The fourth-order valence-corrected chi connectivity index (χ4v) is 5.74. The Morgan fingerprint density at radius 2 is 2.14 bits per heavy atom. The molecule has 3 aliphatic rings. The molecule has 0 bridgehead atoms. The summed E-state index contributed by atoms with van der Waals surface area (Å²) in [7, 11) is 0. The third kappa shape index (κ3) is 2.83. The highest BCUT2D eigenvalue weighted by Crippen LogP contribution is 2.49. The monoisotopic (exact) mass is 478 g/mol. The van der Waals surface area contributed by atoms with E-state index >= 15 is 0 Å². The summed E-state index contributed by atoms with van der Waals surface area (Å²) in [5, 5.41) is 2.34. The zero-order valence-corrected chi connectivity index (χ0v) is 17.8. The van der Waals surface area contributed by atoms with Gasteiger partial charge in [-0.3, -0.25) is 14.5 Å². The quantitative estimate of drug-likeness (QED) is 0.590. The summed E-state index contributed by atoms with van der Waals surface area (Å²) in [6.07, 6.45) is 3.44. The zero-order valence-electron chi connectivity index (χ0n) is 14.7. The number of carbonyl (C=O) groups is 2. The Labute approximate surface area is 179 Å². The fraction of sp³-hybridized carbons (Fsp3) is 0.350. The number of ketones is 1. The predicted octanol–water partition coefficient (Wildman–Crippen LogP) is 4.62. The number of benzene rings is 1. The lowest BCUT2D eigenvalue weighted by atomic mass is 9.77. The Kier molecular flexibility index (Phi) is 4.56. The molecule has 0 radical (unpaired) electrons. The molecule has 2 aromatic rings. The molecule has 4 atom stereocenters. The van der Waals surface area contributed by atoms with Crippen LogP contribution in [0, 0.1) is 5.92 Å². The van der Waals surface area contributed by atoms with E-state index in [0.717, 1.165) is 16.5 Å². The van der Waals surface area contributed by atoms with E-state index in [0.29, 0.717) is 23.5 Å². The van der Waals surface area contributed by atoms with Gasteiger partial charge in [-0.1, -0.05) is 28.1 Å². The van der Waals surface area contributed by atoms with Crippen LogP contribution in [0.25, 0.3) is 0 Å². The topological polar surface area (TPSA) is 59.5 Å². The molecule has 2 aliphatic heterocycles. The highest BCUT2D eigenvalue weighted by atomic mass is 79.9. The van der Waals surface area contributed by atoms with E-state index in [1.54, 1.807) is 11.1 Å². The van der Waals surface area contributed by atoms with E-state index in [4.69, 9.17) is 16.3 Å². The lowest BCUT2D eigenvalue weighted by Gasteiger charge is -2.37. The zero-order chi connectivity index (χ0) is 19.4. The van der Waals surface area contributed by atoms with Crippen LogP contribution in [0.1, 0.15) is 30.9 Å². The van der Waals surface area contributed by atoms with E-state index in [-0.39, 0.29) is 34.8 Å². The number of nitrogens with zero attached hydrogens (tertiary/aromatic N) is 2. The molecule has 1 amide bonds. The van der Waals surface area contributed by atoms with Crippen LogP contribution in [0.5, 0.6) is 0 Å². The van der Waals surface area contributed by atoms with Crippen molar-refractivity contribution in [2.45, 2.75) is 36.8 Å². The summed E-state index contributed by atoms with van der Waals surface area (Å²) < 4.78 is 7.01. The van der Waals surface area contributed by atoms with Crippen LogP contribution in [0.15, 0.2) is 51.6 Å². The number of alkyl halides is 1. The molecule has 0 spiro atoms. The molecule has 28 heavy (non-hydrogen) atoms. The van der Waals surface area contributed by atoms with E-state index < -0.39 is 6.04 Å². The third-order valence-corrected chi connectivity index (χ3v) is 7.23. The molecule has 8 heteroatoms. The normalized spacial score (nSPS) is 29.6. The standard InChI is InChI=1S/C20H16BrClN2O3S/c21-11-3-1-2-10(8-11)16-15-17(25)13-9-12(22)4-5-14(13)27-18(15)19(26)24(16)20-23-6-7-28-20/h1-3,6-8,12-14,16H,4-5,9H2. The largest absolute Gasteiger partial charge is 0.483 e. The lowest BCUT2D eigenvalue weighted by molar-refractivity contribution is -0.131. The van der Waals surface area contributed by atoms with Gasteiger partial charge in [0.2, 0.25) is 0 Å². The first-order valence-corrected chi connectivity index (χ1v) is 11.2. The predicted molar refractivity (Wildman–Crippen MR) is 110 cm³/mol. The number of rotatable bonds is 2. The van der Waals surface area contributed by atoms with Gasteiger partial charge in [0.05, 0.1) is 17.5 Å². The minimum Gasteiger partial charge on any atom is -0.483 e. The van der Waals surface area contributed by atoms with Crippen molar-refractivity contribution in [3.63, 3.8) is 0 Å². The first kappa shape index (κ1) is 18.3. The molecule has 1 aromatic heterocycles. The fourth-order valence-electron chi connectivity index (χ4n) is 4.34. The second-order valence-corrected chi connectivity index (χ2v) is 9.63. The van der Waals surface area contributed by atoms with Gasteiger partial charge in [-0.25, -0.2) is 4.98 Å². The second-order valence-electron chi connectivity index (χ2n) is 7.23. The summed E-state index contributed by atoms with van der Waals surface area (Å²) in [6.45, 7) is 0. The number of ether oxygens (including phenoxy) is 1. The van der Waals surface area contributed by atoms with Gasteiger partial charge in [0.1, 0.15) is 6.10 Å². The van der Waals surface area contributed by atoms with Gasteiger partial charge >= 0.3 is 0 Å². The van der Waals surface area contributed by atoms with Gasteiger partial charge in [-0.05, 0) is 37.0 Å². The average molecular weight is 480 g/mol. The molecular formula is C20H16BrClN2O3S. The number of aromatic nitrogens is 1. The number of carbonyl (C=O) groups excluding carboxylic acids is 2. The molecule has 1 fully saturated rings. The summed E-state index contributed by atoms with van der Waals surface area (Å²) in [5.74, 6) is -0.433. The molecule has 0 saturated heterocycles. The van der Waals surface area contributed by atoms with E-state index in [1.807, 2.05) is 29.6 Å². The number of amides is 1. The van der Waals surface area contributed by atoms with E-state index in [2.05, 4.69) is 20.9 Å². The van der Waals surface area contributed by atoms with E-state index in [1.165, 1.54) is 11.3 Å². The number of hydrogen-bond acceptors (Lipinski definition) is 5. The lowest BCUT2D eigenvalue weighted by Crippen LogP contribution is -2.41.